The number of hydrogen-bond acceptors (Lipinski definition) is 2. The Bertz CT molecular complexity index is 284. The zero-order chi connectivity index (χ0) is 13.7. The third kappa shape index (κ3) is 4.20. The summed E-state index contributed by atoms with van der Waals surface area (Å²) in [6.07, 6.45) is 10.7. The van der Waals surface area contributed by atoms with Gasteiger partial charge < -0.3 is 10.6 Å². The average Bonchev–Trinajstić information content (AvgIpc) is 2.68. The molecule has 0 bridgehead atoms. The number of rotatable bonds is 3. The van der Waals surface area contributed by atoms with Crippen LogP contribution in [0.3, 0.4) is 0 Å². The van der Waals surface area contributed by atoms with Gasteiger partial charge >= 0.3 is 0 Å². The van der Waals surface area contributed by atoms with Crippen LogP contribution in [0.2, 0.25) is 0 Å². The molecule has 1 amide bonds. The molecule has 0 aromatic rings. The Kier molecular flexibility index (Phi) is 5.68. The molecule has 0 aromatic carbocycles. The quantitative estimate of drug-likeness (QED) is 0.798. The second kappa shape index (κ2) is 7.28. The van der Waals surface area contributed by atoms with Crippen LogP contribution in [0, 0.1) is 11.8 Å². The maximum absolute atomic E-state index is 12.4. The van der Waals surface area contributed by atoms with Crippen LogP contribution in [0.4, 0.5) is 0 Å². The molecule has 3 heteroatoms. The molecule has 2 atom stereocenters. The standard InChI is InChI=1S/C16H30N2O/c1-2-14-12-18(10-9-15(14)17)16(19)11-13-7-5-3-4-6-8-13/h13-15H,2-12,17H2,1H3. The van der Waals surface area contributed by atoms with Gasteiger partial charge in [-0.15, -0.1) is 0 Å². The molecule has 1 heterocycles. The minimum absolute atomic E-state index is 0.298. The van der Waals surface area contributed by atoms with Crippen molar-refractivity contribution in [3.63, 3.8) is 0 Å². The first-order valence-electron chi connectivity index (χ1n) is 8.24. The van der Waals surface area contributed by atoms with Crippen molar-refractivity contribution < 1.29 is 4.79 Å². The molecule has 0 radical (unpaired) electrons. The molecule has 110 valence electrons. The third-order valence-electron chi connectivity index (χ3n) is 5.11. The summed E-state index contributed by atoms with van der Waals surface area (Å²) in [6.45, 7) is 3.95. The van der Waals surface area contributed by atoms with Crippen molar-refractivity contribution in [2.45, 2.75) is 70.8 Å². The highest BCUT2D eigenvalue weighted by molar-refractivity contribution is 5.76. The van der Waals surface area contributed by atoms with E-state index in [2.05, 4.69) is 11.8 Å². The Morgan fingerprint density at radius 1 is 1.16 bits per heavy atom. The van der Waals surface area contributed by atoms with E-state index in [0.717, 1.165) is 32.4 Å². The normalized spacial score (nSPS) is 30.1. The molecule has 0 aromatic heterocycles. The molecular weight excluding hydrogens is 236 g/mol. The predicted molar refractivity (Wildman–Crippen MR) is 78.8 cm³/mol. The van der Waals surface area contributed by atoms with Crippen LogP contribution < -0.4 is 5.73 Å². The summed E-state index contributed by atoms with van der Waals surface area (Å²) in [4.78, 5) is 14.5. The van der Waals surface area contributed by atoms with Gasteiger partial charge in [0.1, 0.15) is 0 Å². The second-order valence-electron chi connectivity index (χ2n) is 6.52. The maximum Gasteiger partial charge on any atom is 0.222 e. The smallest absolute Gasteiger partial charge is 0.222 e. The number of hydrogen-bond donors (Lipinski definition) is 1. The van der Waals surface area contributed by atoms with E-state index < -0.39 is 0 Å². The molecule has 3 nitrogen and oxygen atoms in total. The van der Waals surface area contributed by atoms with Crippen LogP contribution >= 0.6 is 0 Å². The Hall–Kier alpha value is -0.570. The molecule has 19 heavy (non-hydrogen) atoms. The number of carbonyl (C=O) groups excluding carboxylic acids is 1. The molecule has 2 unspecified atom stereocenters. The van der Waals surface area contributed by atoms with Crippen LogP contribution in [0.25, 0.3) is 0 Å². The lowest BCUT2D eigenvalue weighted by molar-refractivity contribution is -0.134. The fraction of sp³-hybridized carbons (Fsp3) is 0.938. The van der Waals surface area contributed by atoms with Crippen molar-refractivity contribution in [2.24, 2.45) is 17.6 Å². The molecule has 1 aliphatic carbocycles. The Labute approximate surface area is 117 Å². The van der Waals surface area contributed by atoms with Gasteiger partial charge in [-0.1, -0.05) is 39.0 Å². The van der Waals surface area contributed by atoms with Crippen LogP contribution in [0.15, 0.2) is 0 Å². The van der Waals surface area contributed by atoms with Crippen molar-refractivity contribution in [3.05, 3.63) is 0 Å². The lowest BCUT2D eigenvalue weighted by Gasteiger charge is -2.37. The molecule has 2 aliphatic rings. The van der Waals surface area contributed by atoms with Crippen LogP contribution in [-0.4, -0.2) is 29.9 Å². The lowest BCUT2D eigenvalue weighted by atomic mass is 9.89. The number of amides is 1. The van der Waals surface area contributed by atoms with Crippen molar-refractivity contribution >= 4 is 5.91 Å². The van der Waals surface area contributed by atoms with Crippen LogP contribution in [0.5, 0.6) is 0 Å². The van der Waals surface area contributed by atoms with Gasteiger partial charge in [0, 0.05) is 25.6 Å². The Morgan fingerprint density at radius 3 is 2.47 bits per heavy atom. The average molecular weight is 266 g/mol. The molecule has 1 saturated carbocycles. The van der Waals surface area contributed by atoms with Gasteiger partial charge in [0.25, 0.3) is 0 Å². The molecular formula is C16H30N2O. The molecule has 1 aliphatic heterocycles. The number of nitrogens with two attached hydrogens (primary N) is 1. The summed E-state index contributed by atoms with van der Waals surface area (Å²) in [5.74, 6) is 1.54. The summed E-state index contributed by atoms with van der Waals surface area (Å²) in [5.41, 5.74) is 6.12. The van der Waals surface area contributed by atoms with E-state index in [9.17, 15) is 4.79 Å². The van der Waals surface area contributed by atoms with Gasteiger partial charge in [-0.3, -0.25) is 4.79 Å². The number of carbonyl (C=O) groups is 1. The fourth-order valence-electron chi connectivity index (χ4n) is 3.65. The minimum atomic E-state index is 0.298. The first-order chi connectivity index (χ1) is 9.20. The van der Waals surface area contributed by atoms with E-state index in [1.807, 2.05) is 0 Å². The van der Waals surface area contributed by atoms with Crippen molar-refractivity contribution in [3.8, 4) is 0 Å². The van der Waals surface area contributed by atoms with Crippen LogP contribution in [-0.2, 0) is 4.79 Å². The van der Waals surface area contributed by atoms with Gasteiger partial charge in [-0.25, -0.2) is 0 Å². The predicted octanol–water partition coefficient (Wildman–Crippen LogP) is 2.93. The van der Waals surface area contributed by atoms with Gasteiger partial charge in [0.05, 0.1) is 0 Å². The van der Waals surface area contributed by atoms with Crippen molar-refractivity contribution in [1.82, 2.24) is 4.90 Å². The van der Waals surface area contributed by atoms with Crippen molar-refractivity contribution in [2.75, 3.05) is 13.1 Å². The Morgan fingerprint density at radius 2 is 1.84 bits per heavy atom. The molecule has 2 fully saturated rings. The lowest BCUT2D eigenvalue weighted by Crippen LogP contribution is -2.49. The third-order valence-corrected chi connectivity index (χ3v) is 5.11. The zero-order valence-electron chi connectivity index (χ0n) is 12.4. The second-order valence-corrected chi connectivity index (χ2v) is 6.52. The molecule has 0 spiro atoms. The first kappa shape index (κ1) is 14.8. The van der Waals surface area contributed by atoms with Gasteiger partial charge in [-0.05, 0) is 31.1 Å². The Balaban J connectivity index is 1.82. The van der Waals surface area contributed by atoms with Gasteiger partial charge in [0.15, 0.2) is 0 Å². The first-order valence-corrected chi connectivity index (χ1v) is 8.24. The molecule has 2 rings (SSSR count). The molecule has 2 N–H and O–H groups in total. The molecule has 1 saturated heterocycles. The van der Waals surface area contributed by atoms with E-state index >= 15 is 0 Å². The minimum Gasteiger partial charge on any atom is -0.342 e. The zero-order valence-corrected chi connectivity index (χ0v) is 12.4. The summed E-state index contributed by atoms with van der Waals surface area (Å²) in [6, 6.07) is 0.298. The van der Waals surface area contributed by atoms with E-state index in [-0.39, 0.29) is 0 Å². The van der Waals surface area contributed by atoms with E-state index in [4.69, 9.17) is 5.73 Å². The summed E-state index contributed by atoms with van der Waals surface area (Å²) >= 11 is 0. The highest BCUT2D eigenvalue weighted by Crippen LogP contribution is 2.27. The summed E-state index contributed by atoms with van der Waals surface area (Å²) in [5, 5.41) is 0. The number of nitrogens with zero attached hydrogens (tertiary/aromatic N) is 1. The number of piperidine rings is 1. The van der Waals surface area contributed by atoms with Gasteiger partial charge in [0.2, 0.25) is 5.91 Å². The highest BCUT2D eigenvalue weighted by Gasteiger charge is 2.29. The van der Waals surface area contributed by atoms with E-state index in [0.29, 0.717) is 23.8 Å². The fourth-order valence-corrected chi connectivity index (χ4v) is 3.65. The SMILES string of the molecule is CCC1CN(C(=O)CC2CCCCCC2)CCC1N. The number of likely N-dealkylation sites (tertiary alicyclic amines) is 1. The van der Waals surface area contributed by atoms with Crippen molar-refractivity contribution in [1.29, 1.82) is 0 Å². The highest BCUT2D eigenvalue weighted by atomic mass is 16.2. The van der Waals surface area contributed by atoms with E-state index in [1.165, 1.54) is 38.5 Å². The summed E-state index contributed by atoms with van der Waals surface area (Å²) in [7, 11) is 0. The monoisotopic (exact) mass is 266 g/mol. The van der Waals surface area contributed by atoms with E-state index in [1.54, 1.807) is 0 Å². The van der Waals surface area contributed by atoms with Gasteiger partial charge in [-0.2, -0.15) is 0 Å². The summed E-state index contributed by atoms with van der Waals surface area (Å²) < 4.78 is 0. The van der Waals surface area contributed by atoms with Crippen LogP contribution in [0.1, 0.15) is 64.7 Å². The maximum atomic E-state index is 12.4. The topological polar surface area (TPSA) is 46.3 Å². The largest absolute Gasteiger partial charge is 0.342 e.